The fourth-order valence-corrected chi connectivity index (χ4v) is 1.76. The number of phenolic OH excluding ortho intramolecular Hbond substituents is 1. The average Bonchev–Trinajstić information content (AvgIpc) is 2.39. The molecule has 19 heavy (non-hydrogen) atoms. The van der Waals surface area contributed by atoms with Crippen LogP contribution in [0.15, 0.2) is 42.5 Å². The Morgan fingerprint density at radius 1 is 1.21 bits per heavy atom. The number of phenols is 1. The van der Waals surface area contributed by atoms with Crippen LogP contribution in [0.3, 0.4) is 0 Å². The highest BCUT2D eigenvalue weighted by atomic mass is 16.3. The summed E-state index contributed by atoms with van der Waals surface area (Å²) in [5, 5.41) is 12.4. The van der Waals surface area contributed by atoms with E-state index in [4.69, 9.17) is 5.73 Å². The Bertz CT molecular complexity index is 592. The monoisotopic (exact) mass is 256 g/mol. The van der Waals surface area contributed by atoms with Crippen molar-refractivity contribution in [2.45, 2.75) is 13.3 Å². The van der Waals surface area contributed by atoms with Crippen LogP contribution in [0.4, 0.5) is 11.4 Å². The van der Waals surface area contributed by atoms with E-state index in [0.29, 0.717) is 11.4 Å². The summed E-state index contributed by atoms with van der Waals surface area (Å²) in [4.78, 5) is 12.0. The van der Waals surface area contributed by atoms with Crippen LogP contribution < -0.4 is 11.1 Å². The van der Waals surface area contributed by atoms with E-state index >= 15 is 0 Å². The molecule has 0 radical (unpaired) electrons. The van der Waals surface area contributed by atoms with Gasteiger partial charge in [-0.1, -0.05) is 19.1 Å². The van der Waals surface area contributed by atoms with Crippen LogP contribution in [0.25, 0.3) is 0 Å². The first-order valence-corrected chi connectivity index (χ1v) is 6.09. The third kappa shape index (κ3) is 3.04. The summed E-state index contributed by atoms with van der Waals surface area (Å²) >= 11 is 0. The van der Waals surface area contributed by atoms with Gasteiger partial charge >= 0.3 is 0 Å². The van der Waals surface area contributed by atoms with Gasteiger partial charge in [0.05, 0.1) is 5.56 Å². The van der Waals surface area contributed by atoms with E-state index < -0.39 is 0 Å². The van der Waals surface area contributed by atoms with Crippen LogP contribution in [0.1, 0.15) is 22.8 Å². The van der Waals surface area contributed by atoms with Crippen LogP contribution in [0.2, 0.25) is 0 Å². The molecule has 2 aromatic carbocycles. The number of carbonyl (C=O) groups excluding carboxylic acids is 1. The lowest BCUT2D eigenvalue weighted by Gasteiger charge is -2.08. The topological polar surface area (TPSA) is 75.4 Å². The normalized spacial score (nSPS) is 10.2. The lowest BCUT2D eigenvalue weighted by atomic mass is 10.1. The summed E-state index contributed by atoms with van der Waals surface area (Å²) in [5.74, 6) is -0.482. The van der Waals surface area contributed by atoms with Crippen LogP contribution in [0.5, 0.6) is 5.75 Å². The first-order chi connectivity index (χ1) is 9.10. The Kier molecular flexibility index (Phi) is 3.71. The molecule has 0 aromatic heterocycles. The maximum absolute atomic E-state index is 12.0. The molecule has 0 aliphatic heterocycles. The zero-order valence-corrected chi connectivity index (χ0v) is 10.7. The highest BCUT2D eigenvalue weighted by Crippen LogP contribution is 2.21. The van der Waals surface area contributed by atoms with Crippen molar-refractivity contribution in [1.82, 2.24) is 0 Å². The summed E-state index contributed by atoms with van der Waals surface area (Å²) in [6.07, 6.45) is 0.951. The van der Waals surface area contributed by atoms with E-state index in [9.17, 15) is 9.90 Å². The molecule has 1 amide bonds. The molecular formula is C15H16N2O2. The molecule has 0 aliphatic rings. The number of carbonyl (C=O) groups is 1. The molecule has 0 bridgehead atoms. The number of benzene rings is 2. The number of nitrogens with two attached hydrogens (primary N) is 1. The second-order valence-electron chi connectivity index (χ2n) is 4.28. The van der Waals surface area contributed by atoms with Gasteiger partial charge in [0.25, 0.3) is 5.91 Å². The largest absolute Gasteiger partial charge is 0.507 e. The molecule has 0 saturated heterocycles. The molecule has 4 N–H and O–H groups in total. The molecule has 2 aromatic rings. The summed E-state index contributed by atoms with van der Waals surface area (Å²) in [5.41, 5.74) is 8.04. The summed E-state index contributed by atoms with van der Waals surface area (Å²) < 4.78 is 0. The number of aryl methyl sites for hydroxylation is 1. The second-order valence-corrected chi connectivity index (χ2v) is 4.28. The van der Waals surface area contributed by atoms with E-state index in [1.54, 1.807) is 6.07 Å². The van der Waals surface area contributed by atoms with Gasteiger partial charge in [-0.15, -0.1) is 0 Å². The zero-order chi connectivity index (χ0) is 13.8. The van der Waals surface area contributed by atoms with Crippen molar-refractivity contribution < 1.29 is 9.90 Å². The molecular weight excluding hydrogens is 240 g/mol. The highest BCUT2D eigenvalue weighted by molar-refractivity contribution is 6.06. The summed E-state index contributed by atoms with van der Waals surface area (Å²) in [6, 6.07) is 12.0. The van der Waals surface area contributed by atoms with Crippen molar-refractivity contribution >= 4 is 17.3 Å². The SMILES string of the molecule is CCc1ccc(NC(=O)c2ccc(N)cc2O)cc1. The van der Waals surface area contributed by atoms with E-state index in [2.05, 4.69) is 12.2 Å². The van der Waals surface area contributed by atoms with Crippen molar-refractivity contribution in [2.24, 2.45) is 0 Å². The number of hydrogen-bond donors (Lipinski definition) is 3. The van der Waals surface area contributed by atoms with Crippen LogP contribution in [0, 0.1) is 0 Å². The Morgan fingerprint density at radius 3 is 2.47 bits per heavy atom. The number of hydrogen-bond acceptors (Lipinski definition) is 3. The molecule has 4 nitrogen and oxygen atoms in total. The molecule has 98 valence electrons. The molecule has 0 atom stereocenters. The fraction of sp³-hybridized carbons (Fsp3) is 0.133. The molecule has 0 saturated carbocycles. The number of rotatable bonds is 3. The minimum Gasteiger partial charge on any atom is -0.507 e. The van der Waals surface area contributed by atoms with E-state index in [-0.39, 0.29) is 17.2 Å². The minimum atomic E-state index is -0.359. The lowest BCUT2D eigenvalue weighted by Crippen LogP contribution is -2.12. The van der Waals surface area contributed by atoms with Crippen LogP contribution >= 0.6 is 0 Å². The van der Waals surface area contributed by atoms with Gasteiger partial charge in [0, 0.05) is 17.4 Å². The van der Waals surface area contributed by atoms with Crippen LogP contribution in [-0.4, -0.2) is 11.0 Å². The molecule has 0 unspecified atom stereocenters. The zero-order valence-electron chi connectivity index (χ0n) is 10.7. The molecule has 4 heteroatoms. The first kappa shape index (κ1) is 13.0. The van der Waals surface area contributed by atoms with Crippen molar-refractivity contribution in [2.75, 3.05) is 11.1 Å². The third-order valence-electron chi connectivity index (χ3n) is 2.89. The van der Waals surface area contributed by atoms with Crippen molar-refractivity contribution in [1.29, 1.82) is 0 Å². The number of aromatic hydroxyl groups is 1. The van der Waals surface area contributed by atoms with Gasteiger partial charge in [-0.05, 0) is 36.2 Å². The van der Waals surface area contributed by atoms with E-state index in [1.807, 2.05) is 24.3 Å². The lowest BCUT2D eigenvalue weighted by molar-refractivity contribution is 0.102. The van der Waals surface area contributed by atoms with Gasteiger partial charge < -0.3 is 16.2 Å². The van der Waals surface area contributed by atoms with Gasteiger partial charge in [0.2, 0.25) is 0 Å². The predicted octanol–water partition coefficient (Wildman–Crippen LogP) is 2.79. The molecule has 0 heterocycles. The Morgan fingerprint density at radius 2 is 1.89 bits per heavy atom. The van der Waals surface area contributed by atoms with Gasteiger partial charge in [0.15, 0.2) is 0 Å². The standard InChI is InChI=1S/C15H16N2O2/c1-2-10-3-6-12(7-4-10)17-15(19)13-8-5-11(16)9-14(13)18/h3-9,18H,2,16H2,1H3,(H,17,19). The van der Waals surface area contributed by atoms with Gasteiger partial charge in [0.1, 0.15) is 5.75 Å². The molecule has 0 fully saturated rings. The van der Waals surface area contributed by atoms with E-state index in [0.717, 1.165) is 6.42 Å². The Labute approximate surface area is 111 Å². The quantitative estimate of drug-likeness (QED) is 0.739. The Hall–Kier alpha value is -2.49. The third-order valence-corrected chi connectivity index (χ3v) is 2.89. The fourth-order valence-electron chi connectivity index (χ4n) is 1.76. The van der Waals surface area contributed by atoms with Crippen molar-refractivity contribution in [3.05, 3.63) is 53.6 Å². The number of nitrogens with one attached hydrogen (secondary N) is 1. The molecule has 2 rings (SSSR count). The molecule has 0 spiro atoms. The first-order valence-electron chi connectivity index (χ1n) is 6.09. The van der Waals surface area contributed by atoms with Crippen molar-refractivity contribution in [3.63, 3.8) is 0 Å². The summed E-state index contributed by atoms with van der Waals surface area (Å²) in [7, 11) is 0. The minimum absolute atomic E-state index is 0.123. The molecule has 0 aliphatic carbocycles. The van der Waals surface area contributed by atoms with Gasteiger partial charge in [-0.25, -0.2) is 0 Å². The van der Waals surface area contributed by atoms with Crippen LogP contribution in [-0.2, 0) is 6.42 Å². The van der Waals surface area contributed by atoms with Crippen molar-refractivity contribution in [3.8, 4) is 5.75 Å². The predicted molar refractivity (Wildman–Crippen MR) is 76.3 cm³/mol. The van der Waals surface area contributed by atoms with Gasteiger partial charge in [-0.3, -0.25) is 4.79 Å². The number of amides is 1. The smallest absolute Gasteiger partial charge is 0.259 e. The maximum Gasteiger partial charge on any atom is 0.259 e. The van der Waals surface area contributed by atoms with E-state index in [1.165, 1.54) is 17.7 Å². The Balaban J connectivity index is 2.15. The highest BCUT2D eigenvalue weighted by Gasteiger charge is 2.11. The average molecular weight is 256 g/mol. The second kappa shape index (κ2) is 5.44. The summed E-state index contributed by atoms with van der Waals surface area (Å²) in [6.45, 7) is 2.07. The maximum atomic E-state index is 12.0. The van der Waals surface area contributed by atoms with Gasteiger partial charge in [-0.2, -0.15) is 0 Å². The number of anilines is 2. The number of nitrogen functional groups attached to an aromatic ring is 1.